The average Bonchev–Trinajstić information content (AvgIpc) is 2.72. The number of aryl methyl sites for hydroxylation is 1. The molecule has 0 saturated carbocycles. The lowest BCUT2D eigenvalue weighted by Gasteiger charge is -2.24. The molecule has 1 aliphatic rings. The fraction of sp³-hybridized carbons (Fsp3) is 0.158. The standard InChI is InChI=1S/C19H14BrN5O3S2/c20-12-9-23-14-15(25-12)13-16(22-7-6-21-13)19-17(14)24-11-5-1-3-10(18(11)29-19)4-2-8-30(26,27)28/h1,3,5-7,9,24H,2,4,8H2,(H,26,27,28). The Balaban J connectivity index is 1.65. The van der Waals surface area contributed by atoms with E-state index in [-0.39, 0.29) is 5.75 Å². The topological polar surface area (TPSA) is 118 Å². The Morgan fingerprint density at radius 1 is 1.03 bits per heavy atom. The summed E-state index contributed by atoms with van der Waals surface area (Å²) in [4.78, 5) is 20.1. The van der Waals surface area contributed by atoms with E-state index in [9.17, 15) is 8.42 Å². The van der Waals surface area contributed by atoms with Crippen molar-refractivity contribution in [1.82, 2.24) is 19.9 Å². The SMILES string of the molecule is O=S(=O)(O)CCCc1cccc2c1Sc1c(c3ncc(Br)nc3c3nccnc13)N2. The largest absolute Gasteiger partial charge is 0.352 e. The number of anilines is 2. The molecule has 2 aromatic heterocycles. The van der Waals surface area contributed by atoms with Gasteiger partial charge in [-0.25, -0.2) is 9.97 Å². The number of halogens is 1. The van der Waals surface area contributed by atoms with Gasteiger partial charge in [-0.3, -0.25) is 14.5 Å². The van der Waals surface area contributed by atoms with Gasteiger partial charge in [0.25, 0.3) is 10.1 Å². The minimum absolute atomic E-state index is 0.269. The Bertz CT molecular complexity index is 1430. The Kier molecular flexibility index (Phi) is 4.85. The zero-order valence-corrected chi connectivity index (χ0v) is 18.6. The van der Waals surface area contributed by atoms with Gasteiger partial charge in [0, 0.05) is 17.3 Å². The van der Waals surface area contributed by atoms with Crippen LogP contribution in [0.25, 0.3) is 22.1 Å². The molecule has 2 N–H and O–H groups in total. The highest BCUT2D eigenvalue weighted by Crippen LogP contribution is 2.50. The zero-order chi connectivity index (χ0) is 20.9. The number of hydrogen-bond donors (Lipinski definition) is 2. The van der Waals surface area contributed by atoms with Crippen LogP contribution in [0.4, 0.5) is 11.4 Å². The fourth-order valence-corrected chi connectivity index (χ4v) is 5.54. The lowest BCUT2D eigenvalue weighted by atomic mass is 10.1. The van der Waals surface area contributed by atoms with Gasteiger partial charge in [0.05, 0.1) is 28.2 Å². The second-order valence-corrected chi connectivity index (χ2v) is 10.2. The smallest absolute Gasteiger partial charge is 0.264 e. The summed E-state index contributed by atoms with van der Waals surface area (Å²) in [6.45, 7) is 0. The number of nitrogens with one attached hydrogen (secondary N) is 1. The third kappa shape index (κ3) is 3.51. The molecular weight excluding hydrogens is 490 g/mol. The third-order valence-corrected chi connectivity index (χ3v) is 7.23. The van der Waals surface area contributed by atoms with Crippen molar-refractivity contribution in [2.24, 2.45) is 0 Å². The van der Waals surface area contributed by atoms with Crippen molar-refractivity contribution in [3.05, 3.63) is 47.0 Å². The first-order valence-corrected chi connectivity index (χ1v) is 12.2. The minimum Gasteiger partial charge on any atom is -0.352 e. The van der Waals surface area contributed by atoms with E-state index < -0.39 is 10.1 Å². The Morgan fingerprint density at radius 2 is 1.83 bits per heavy atom. The van der Waals surface area contributed by atoms with Crippen LogP contribution in [-0.2, 0) is 16.5 Å². The molecule has 5 rings (SSSR count). The number of fused-ring (bicyclic) bond motifs is 7. The van der Waals surface area contributed by atoms with E-state index in [0.717, 1.165) is 32.2 Å². The summed E-state index contributed by atoms with van der Waals surface area (Å²) in [6, 6.07) is 5.86. The maximum Gasteiger partial charge on any atom is 0.264 e. The normalized spacial score (nSPS) is 13.1. The van der Waals surface area contributed by atoms with Gasteiger partial charge in [-0.15, -0.1) is 0 Å². The van der Waals surface area contributed by atoms with Crippen LogP contribution in [-0.4, -0.2) is 38.7 Å². The highest BCUT2D eigenvalue weighted by Gasteiger charge is 2.26. The monoisotopic (exact) mass is 503 g/mol. The predicted octanol–water partition coefficient (Wildman–Crippen LogP) is 4.36. The van der Waals surface area contributed by atoms with Gasteiger partial charge in [0.1, 0.15) is 26.7 Å². The third-order valence-electron chi connectivity index (χ3n) is 4.75. The zero-order valence-electron chi connectivity index (χ0n) is 15.3. The Labute approximate surface area is 184 Å². The van der Waals surface area contributed by atoms with Gasteiger partial charge in [-0.2, -0.15) is 8.42 Å². The number of benzene rings is 2. The number of hydrogen-bond acceptors (Lipinski definition) is 8. The summed E-state index contributed by atoms with van der Waals surface area (Å²) in [6.07, 6.45) is 5.79. The molecule has 0 bridgehead atoms. The van der Waals surface area contributed by atoms with E-state index in [2.05, 4.69) is 41.2 Å². The van der Waals surface area contributed by atoms with E-state index in [1.165, 1.54) is 0 Å². The van der Waals surface area contributed by atoms with Crippen molar-refractivity contribution < 1.29 is 13.0 Å². The molecule has 0 atom stereocenters. The number of rotatable bonds is 4. The Hall–Kier alpha value is -2.34. The molecule has 2 aromatic carbocycles. The molecule has 4 aromatic rings. The number of aromatic nitrogens is 4. The van der Waals surface area contributed by atoms with Crippen LogP contribution in [0.3, 0.4) is 0 Å². The fourth-order valence-electron chi connectivity index (χ4n) is 3.52. The highest BCUT2D eigenvalue weighted by atomic mass is 79.9. The van der Waals surface area contributed by atoms with Crippen molar-refractivity contribution >= 4 is 71.3 Å². The van der Waals surface area contributed by atoms with Crippen LogP contribution < -0.4 is 5.32 Å². The van der Waals surface area contributed by atoms with E-state index >= 15 is 0 Å². The lowest BCUT2D eigenvalue weighted by Crippen LogP contribution is -2.08. The van der Waals surface area contributed by atoms with Crippen LogP contribution in [0.2, 0.25) is 0 Å². The molecule has 0 unspecified atom stereocenters. The van der Waals surface area contributed by atoms with Crippen LogP contribution in [0.5, 0.6) is 0 Å². The van der Waals surface area contributed by atoms with Gasteiger partial charge in [-0.05, 0) is 40.4 Å². The summed E-state index contributed by atoms with van der Waals surface area (Å²) >= 11 is 4.94. The molecule has 3 heterocycles. The van der Waals surface area contributed by atoms with Gasteiger partial charge in [-0.1, -0.05) is 23.9 Å². The summed E-state index contributed by atoms with van der Waals surface area (Å²) in [5.74, 6) is -0.269. The molecule has 0 spiro atoms. The molecule has 0 radical (unpaired) electrons. The van der Waals surface area contributed by atoms with Crippen molar-refractivity contribution in [3.8, 4) is 0 Å². The van der Waals surface area contributed by atoms with Gasteiger partial charge >= 0.3 is 0 Å². The highest BCUT2D eigenvalue weighted by molar-refractivity contribution is 9.10. The molecule has 11 heteroatoms. The first-order valence-electron chi connectivity index (χ1n) is 9.01. The van der Waals surface area contributed by atoms with Crippen LogP contribution in [0.15, 0.2) is 51.2 Å². The van der Waals surface area contributed by atoms with Crippen LogP contribution in [0, 0.1) is 0 Å². The van der Waals surface area contributed by atoms with E-state index in [1.54, 1.807) is 30.4 Å². The van der Waals surface area contributed by atoms with Gasteiger partial charge in [0.2, 0.25) is 0 Å². The lowest BCUT2D eigenvalue weighted by molar-refractivity contribution is 0.481. The molecule has 0 aliphatic carbocycles. The molecule has 0 amide bonds. The molecule has 0 fully saturated rings. The molecule has 0 saturated heterocycles. The molecule has 1 aliphatic heterocycles. The molecule has 8 nitrogen and oxygen atoms in total. The van der Waals surface area contributed by atoms with Crippen LogP contribution >= 0.6 is 27.7 Å². The van der Waals surface area contributed by atoms with E-state index in [1.807, 2.05) is 18.2 Å². The van der Waals surface area contributed by atoms with E-state index in [4.69, 9.17) is 4.55 Å². The first-order chi connectivity index (χ1) is 14.4. The van der Waals surface area contributed by atoms with Crippen molar-refractivity contribution in [2.75, 3.05) is 11.1 Å². The molecular formula is C19H14BrN5O3S2. The maximum absolute atomic E-state index is 11.1. The van der Waals surface area contributed by atoms with Crippen LogP contribution in [0.1, 0.15) is 12.0 Å². The number of nitrogens with zero attached hydrogens (tertiary/aromatic N) is 4. The van der Waals surface area contributed by atoms with Crippen molar-refractivity contribution in [3.63, 3.8) is 0 Å². The molecule has 30 heavy (non-hydrogen) atoms. The van der Waals surface area contributed by atoms with Crippen molar-refractivity contribution in [1.29, 1.82) is 0 Å². The summed E-state index contributed by atoms with van der Waals surface area (Å²) in [5.41, 5.74) is 5.49. The maximum atomic E-state index is 11.1. The second kappa shape index (κ2) is 7.41. The summed E-state index contributed by atoms with van der Waals surface area (Å²) < 4.78 is 31.8. The average molecular weight is 504 g/mol. The molecule has 152 valence electrons. The first kappa shape index (κ1) is 19.6. The minimum atomic E-state index is -3.98. The Morgan fingerprint density at radius 3 is 2.63 bits per heavy atom. The van der Waals surface area contributed by atoms with Gasteiger partial charge in [0.15, 0.2) is 0 Å². The van der Waals surface area contributed by atoms with Crippen molar-refractivity contribution in [2.45, 2.75) is 22.6 Å². The summed E-state index contributed by atoms with van der Waals surface area (Å²) in [7, 11) is -3.98. The predicted molar refractivity (Wildman–Crippen MR) is 119 cm³/mol. The quantitative estimate of drug-likeness (QED) is 0.272. The van der Waals surface area contributed by atoms with Gasteiger partial charge < -0.3 is 5.32 Å². The second-order valence-electron chi connectivity index (χ2n) is 6.76. The van der Waals surface area contributed by atoms with E-state index in [0.29, 0.717) is 34.0 Å². The summed E-state index contributed by atoms with van der Waals surface area (Å²) in [5, 5.41) is 3.47.